The van der Waals surface area contributed by atoms with E-state index in [1.54, 1.807) is 18.2 Å². The molecule has 0 aliphatic carbocycles. The molecule has 1 aliphatic rings. The zero-order valence-corrected chi connectivity index (χ0v) is 7.21. The molecule has 0 unspecified atom stereocenters. The van der Waals surface area contributed by atoms with Crippen LogP contribution in [-0.4, -0.2) is 13.6 Å². The van der Waals surface area contributed by atoms with E-state index in [0.29, 0.717) is 5.75 Å². The molecule has 0 aromatic heterocycles. The molecule has 0 atom stereocenters. The third-order valence-electron chi connectivity index (χ3n) is 2.09. The maximum absolute atomic E-state index is 12.6. The second-order valence-electron chi connectivity index (χ2n) is 3.04. The molecule has 0 radical (unpaired) electrons. The number of halogens is 3. The van der Waals surface area contributed by atoms with E-state index >= 15 is 0 Å². The van der Waals surface area contributed by atoms with Crippen LogP contribution in [0, 0.1) is 0 Å². The van der Waals surface area contributed by atoms with Gasteiger partial charge in [-0.1, -0.05) is 29.7 Å². The van der Waals surface area contributed by atoms with E-state index in [1.165, 1.54) is 6.07 Å². The second-order valence-corrected chi connectivity index (χ2v) is 3.04. The van der Waals surface area contributed by atoms with Crippen molar-refractivity contribution in [1.29, 1.82) is 0 Å². The van der Waals surface area contributed by atoms with Crippen molar-refractivity contribution >= 4 is 12.4 Å². The van der Waals surface area contributed by atoms with Crippen molar-refractivity contribution in [1.82, 2.24) is 0 Å². The standard InChI is InChI=1S/C9H7BF3O/c11-10(12,13)8-5-6-14-9-4-2-1-3-7(8)9/h1-5H,6H2/q-1. The van der Waals surface area contributed by atoms with Gasteiger partial charge in [-0.3, -0.25) is 0 Å². The quantitative estimate of drug-likeness (QED) is 0.631. The summed E-state index contributed by atoms with van der Waals surface area (Å²) in [6, 6.07) is 6.20. The molecule has 1 aliphatic heterocycles. The molecule has 1 aromatic rings. The molecular formula is C9H7BF3O-. The molecular weight excluding hydrogens is 192 g/mol. The van der Waals surface area contributed by atoms with Gasteiger partial charge in [0.15, 0.2) is 0 Å². The largest absolute Gasteiger partial charge is 0.510 e. The van der Waals surface area contributed by atoms with Crippen LogP contribution in [0.4, 0.5) is 12.9 Å². The highest BCUT2D eigenvalue weighted by Crippen LogP contribution is 2.36. The zero-order chi connectivity index (χ0) is 10.2. The van der Waals surface area contributed by atoms with E-state index < -0.39 is 12.4 Å². The Labute approximate surface area is 79.2 Å². The Morgan fingerprint density at radius 3 is 2.57 bits per heavy atom. The number of ether oxygens (including phenoxy) is 1. The fraction of sp³-hybridized carbons (Fsp3) is 0.111. The summed E-state index contributed by atoms with van der Waals surface area (Å²) in [5, 5.41) is 0. The van der Waals surface area contributed by atoms with Gasteiger partial charge in [-0.25, -0.2) is 0 Å². The molecule has 2 rings (SSSR count). The molecule has 1 heterocycles. The van der Waals surface area contributed by atoms with Crippen molar-refractivity contribution in [2.75, 3.05) is 6.61 Å². The highest BCUT2D eigenvalue weighted by Gasteiger charge is 2.32. The van der Waals surface area contributed by atoms with E-state index in [1.807, 2.05) is 0 Å². The Morgan fingerprint density at radius 1 is 1.14 bits per heavy atom. The van der Waals surface area contributed by atoms with Crippen LogP contribution < -0.4 is 4.74 Å². The monoisotopic (exact) mass is 199 g/mol. The maximum Gasteiger partial charge on any atom is 0.510 e. The molecule has 74 valence electrons. The van der Waals surface area contributed by atoms with Crippen LogP contribution in [0.1, 0.15) is 5.56 Å². The number of rotatable bonds is 1. The zero-order valence-electron chi connectivity index (χ0n) is 7.21. The predicted molar refractivity (Wildman–Crippen MR) is 49.0 cm³/mol. The van der Waals surface area contributed by atoms with E-state index in [-0.39, 0.29) is 12.2 Å². The van der Waals surface area contributed by atoms with Crippen molar-refractivity contribution in [3.05, 3.63) is 35.9 Å². The van der Waals surface area contributed by atoms with Gasteiger partial charge in [-0.15, -0.1) is 0 Å². The molecule has 0 fully saturated rings. The summed E-state index contributed by atoms with van der Waals surface area (Å²) in [5.74, 6) is 0.309. The van der Waals surface area contributed by atoms with E-state index in [4.69, 9.17) is 4.74 Å². The third-order valence-corrected chi connectivity index (χ3v) is 2.09. The average molecular weight is 199 g/mol. The van der Waals surface area contributed by atoms with E-state index in [9.17, 15) is 12.9 Å². The maximum atomic E-state index is 12.6. The summed E-state index contributed by atoms with van der Waals surface area (Å²) in [5.41, 5.74) is -0.405. The van der Waals surface area contributed by atoms with Crippen molar-refractivity contribution < 1.29 is 17.7 Å². The predicted octanol–water partition coefficient (Wildman–Crippen LogP) is 2.85. The van der Waals surface area contributed by atoms with Crippen molar-refractivity contribution in [2.24, 2.45) is 0 Å². The van der Waals surface area contributed by atoms with Crippen molar-refractivity contribution in [2.45, 2.75) is 0 Å². The lowest BCUT2D eigenvalue weighted by molar-refractivity contribution is 0.356. The van der Waals surface area contributed by atoms with Crippen LogP contribution in [0.5, 0.6) is 5.75 Å². The number of fused-ring (bicyclic) bond motifs is 1. The summed E-state index contributed by atoms with van der Waals surface area (Å²) in [7, 11) is 0. The first-order chi connectivity index (χ1) is 6.59. The van der Waals surface area contributed by atoms with Gasteiger partial charge in [0.1, 0.15) is 12.4 Å². The van der Waals surface area contributed by atoms with E-state index in [2.05, 4.69) is 0 Å². The van der Waals surface area contributed by atoms with Crippen LogP contribution >= 0.6 is 0 Å². The van der Waals surface area contributed by atoms with Crippen molar-refractivity contribution in [3.8, 4) is 5.75 Å². The molecule has 5 heteroatoms. The first-order valence-corrected chi connectivity index (χ1v) is 4.21. The molecule has 14 heavy (non-hydrogen) atoms. The smallest absolute Gasteiger partial charge is 0.489 e. The molecule has 1 nitrogen and oxygen atoms in total. The fourth-order valence-electron chi connectivity index (χ4n) is 1.47. The lowest BCUT2D eigenvalue weighted by atomic mass is 9.74. The summed E-state index contributed by atoms with van der Waals surface area (Å²) >= 11 is 0. The molecule has 0 bridgehead atoms. The Morgan fingerprint density at radius 2 is 1.86 bits per heavy atom. The minimum Gasteiger partial charge on any atom is -0.489 e. The van der Waals surface area contributed by atoms with Crippen LogP contribution in [-0.2, 0) is 0 Å². The Balaban J connectivity index is 2.51. The first kappa shape index (κ1) is 9.18. The summed E-state index contributed by atoms with van der Waals surface area (Å²) in [6.07, 6.45) is 1.09. The van der Waals surface area contributed by atoms with Crippen LogP contribution in [0.3, 0.4) is 0 Å². The summed E-state index contributed by atoms with van der Waals surface area (Å²) < 4.78 is 42.8. The van der Waals surface area contributed by atoms with Crippen LogP contribution in [0.15, 0.2) is 30.3 Å². The van der Waals surface area contributed by atoms with Gasteiger partial charge >= 0.3 is 6.98 Å². The highest BCUT2D eigenvalue weighted by atomic mass is 19.4. The molecule has 1 aromatic carbocycles. The van der Waals surface area contributed by atoms with Gasteiger partial charge < -0.3 is 17.7 Å². The van der Waals surface area contributed by atoms with Gasteiger partial charge in [0.25, 0.3) is 0 Å². The Bertz CT molecular complexity index is 384. The molecule has 0 N–H and O–H groups in total. The molecule has 0 saturated heterocycles. The number of hydrogen-bond donors (Lipinski definition) is 0. The van der Waals surface area contributed by atoms with Gasteiger partial charge in [0, 0.05) is 0 Å². The molecule has 0 spiro atoms. The minimum absolute atomic E-state index is 0.00634. The third kappa shape index (κ3) is 1.50. The fourth-order valence-corrected chi connectivity index (χ4v) is 1.47. The summed E-state index contributed by atoms with van der Waals surface area (Å²) in [6.45, 7) is -4.95. The Hall–Kier alpha value is -1.39. The Kier molecular flexibility index (Phi) is 2.02. The molecule has 0 saturated carbocycles. The summed E-state index contributed by atoms with van der Waals surface area (Å²) in [4.78, 5) is 0. The lowest BCUT2D eigenvalue weighted by Gasteiger charge is -2.25. The normalized spacial score (nSPS) is 15.5. The number of benzene rings is 1. The highest BCUT2D eigenvalue weighted by molar-refractivity contribution is 6.79. The molecule has 0 amide bonds. The van der Waals surface area contributed by atoms with Crippen LogP contribution in [0.25, 0.3) is 5.47 Å². The SMILES string of the molecule is F[B-](F)(F)C1=CCOc2ccccc21. The van der Waals surface area contributed by atoms with Crippen molar-refractivity contribution in [3.63, 3.8) is 0 Å². The topological polar surface area (TPSA) is 9.23 Å². The average Bonchev–Trinajstić information content (AvgIpc) is 2.15. The van der Waals surface area contributed by atoms with Gasteiger partial charge in [0.2, 0.25) is 0 Å². The van der Waals surface area contributed by atoms with Gasteiger partial charge in [0.05, 0.1) is 0 Å². The van der Waals surface area contributed by atoms with E-state index in [0.717, 1.165) is 6.08 Å². The van der Waals surface area contributed by atoms with Gasteiger partial charge in [-0.2, -0.15) is 0 Å². The number of para-hydroxylation sites is 1. The minimum atomic E-state index is -4.95. The first-order valence-electron chi connectivity index (χ1n) is 4.21. The number of hydrogen-bond acceptors (Lipinski definition) is 1. The van der Waals surface area contributed by atoms with Gasteiger partial charge in [-0.05, 0) is 11.6 Å². The lowest BCUT2D eigenvalue weighted by Crippen LogP contribution is -2.22. The van der Waals surface area contributed by atoms with Crippen LogP contribution in [0.2, 0.25) is 0 Å². The second kappa shape index (κ2) is 3.08.